The van der Waals surface area contributed by atoms with E-state index < -0.39 is 11.4 Å². The van der Waals surface area contributed by atoms with Crippen molar-refractivity contribution >= 4 is 11.9 Å². The highest BCUT2D eigenvalue weighted by atomic mass is 16.4. The van der Waals surface area contributed by atoms with Crippen LogP contribution in [0, 0.1) is 11.3 Å². The fourth-order valence-electron chi connectivity index (χ4n) is 4.13. The second kappa shape index (κ2) is 6.00. The van der Waals surface area contributed by atoms with E-state index in [4.69, 9.17) is 0 Å². The van der Waals surface area contributed by atoms with Crippen molar-refractivity contribution < 1.29 is 14.7 Å². The Morgan fingerprint density at radius 1 is 1.20 bits per heavy atom. The molecule has 1 amide bonds. The maximum absolute atomic E-state index is 12.5. The average molecular weight is 340 g/mol. The summed E-state index contributed by atoms with van der Waals surface area (Å²) in [5.41, 5.74) is 0.694. The fourth-order valence-corrected chi connectivity index (χ4v) is 4.13. The smallest absolute Gasteiger partial charge is 0.313 e. The van der Waals surface area contributed by atoms with Gasteiger partial charge in [0.25, 0.3) is 5.91 Å². The van der Waals surface area contributed by atoms with E-state index in [0.29, 0.717) is 25.3 Å². The normalized spacial score (nSPS) is 25.9. The van der Waals surface area contributed by atoms with Crippen molar-refractivity contribution in [2.75, 3.05) is 26.2 Å². The average Bonchev–Trinajstić information content (AvgIpc) is 3.29. The van der Waals surface area contributed by atoms with Crippen LogP contribution in [0.2, 0.25) is 0 Å². The lowest BCUT2D eigenvalue weighted by Gasteiger charge is -2.25. The van der Waals surface area contributed by atoms with Gasteiger partial charge in [0.05, 0.1) is 0 Å². The Morgan fingerprint density at radius 3 is 2.64 bits per heavy atom. The first kappa shape index (κ1) is 15.8. The third kappa shape index (κ3) is 2.70. The van der Waals surface area contributed by atoms with Crippen LogP contribution in [0.1, 0.15) is 16.1 Å². The number of amides is 1. The van der Waals surface area contributed by atoms with Gasteiger partial charge in [-0.1, -0.05) is 30.3 Å². The number of H-pyrrole nitrogens is 1. The van der Waals surface area contributed by atoms with E-state index in [1.54, 1.807) is 11.0 Å². The van der Waals surface area contributed by atoms with Crippen LogP contribution in [0.3, 0.4) is 0 Å². The molecule has 2 N–H and O–H groups in total. The van der Waals surface area contributed by atoms with Crippen molar-refractivity contribution in [1.82, 2.24) is 20.0 Å². The summed E-state index contributed by atoms with van der Waals surface area (Å²) in [4.78, 5) is 28.4. The Balaban J connectivity index is 1.50. The molecule has 0 spiro atoms. The Hall–Kier alpha value is -2.67. The molecule has 2 aromatic rings. The predicted octanol–water partition coefficient (Wildman–Crippen LogP) is 1.07. The summed E-state index contributed by atoms with van der Waals surface area (Å²) in [7, 11) is 0. The van der Waals surface area contributed by atoms with Crippen LogP contribution in [0.5, 0.6) is 0 Å². The molecule has 0 saturated carbocycles. The molecule has 7 heteroatoms. The minimum absolute atomic E-state index is 0.0550. The molecule has 0 bridgehead atoms. The minimum atomic E-state index is -0.884. The number of aliphatic carboxylic acids is 1. The monoisotopic (exact) mass is 340 g/mol. The molecule has 2 atom stereocenters. The number of hydrogen-bond donors (Lipinski definition) is 2. The number of carbonyl (C=O) groups is 2. The van der Waals surface area contributed by atoms with E-state index in [0.717, 1.165) is 6.54 Å². The first-order valence-corrected chi connectivity index (χ1v) is 8.37. The van der Waals surface area contributed by atoms with Gasteiger partial charge in [-0.2, -0.15) is 5.10 Å². The first-order valence-electron chi connectivity index (χ1n) is 8.37. The molecule has 0 unspecified atom stereocenters. The van der Waals surface area contributed by atoms with Gasteiger partial charge in [0.15, 0.2) is 0 Å². The van der Waals surface area contributed by atoms with Crippen LogP contribution < -0.4 is 0 Å². The van der Waals surface area contributed by atoms with Crippen molar-refractivity contribution in [2.45, 2.75) is 6.54 Å². The van der Waals surface area contributed by atoms with Gasteiger partial charge in [-0.25, -0.2) is 0 Å². The number of nitrogens with zero attached hydrogens (tertiary/aromatic N) is 3. The Kier molecular flexibility index (Phi) is 3.80. The Morgan fingerprint density at radius 2 is 2.00 bits per heavy atom. The van der Waals surface area contributed by atoms with Crippen LogP contribution >= 0.6 is 0 Å². The number of nitrogens with one attached hydrogen (secondary N) is 1. The van der Waals surface area contributed by atoms with Gasteiger partial charge in [0.1, 0.15) is 11.1 Å². The highest BCUT2D eigenvalue weighted by Gasteiger charge is 2.58. The number of carboxylic acid groups (broad SMARTS) is 1. The number of carbonyl (C=O) groups excluding carboxylic acids is 1. The summed E-state index contributed by atoms with van der Waals surface area (Å²) < 4.78 is 0. The Bertz CT molecular complexity index is 777. The van der Waals surface area contributed by atoms with Crippen molar-refractivity contribution in [3.8, 4) is 0 Å². The molecule has 4 rings (SSSR count). The van der Waals surface area contributed by atoms with Crippen molar-refractivity contribution in [3.63, 3.8) is 0 Å². The number of hydrogen-bond acceptors (Lipinski definition) is 4. The van der Waals surface area contributed by atoms with Gasteiger partial charge >= 0.3 is 5.97 Å². The lowest BCUT2D eigenvalue weighted by Crippen LogP contribution is -2.42. The summed E-state index contributed by atoms with van der Waals surface area (Å²) in [6, 6.07) is 11.7. The zero-order chi connectivity index (χ0) is 17.4. The number of aromatic amines is 1. The van der Waals surface area contributed by atoms with Gasteiger partial charge in [-0.15, -0.1) is 0 Å². The second-order valence-electron chi connectivity index (χ2n) is 6.97. The Labute approximate surface area is 145 Å². The maximum Gasteiger partial charge on any atom is 0.313 e. The molecule has 2 fully saturated rings. The molecule has 2 saturated heterocycles. The summed E-state index contributed by atoms with van der Waals surface area (Å²) >= 11 is 0. The number of aromatic nitrogens is 2. The van der Waals surface area contributed by atoms with Crippen molar-refractivity contribution in [1.29, 1.82) is 0 Å². The van der Waals surface area contributed by atoms with Gasteiger partial charge in [-0.05, 0) is 11.6 Å². The number of likely N-dealkylation sites (tertiary alicyclic amines) is 2. The van der Waals surface area contributed by atoms with E-state index in [9.17, 15) is 14.7 Å². The van der Waals surface area contributed by atoms with Gasteiger partial charge in [-0.3, -0.25) is 19.6 Å². The molecule has 0 radical (unpaired) electrons. The third-order valence-corrected chi connectivity index (χ3v) is 5.37. The quantitative estimate of drug-likeness (QED) is 0.869. The van der Waals surface area contributed by atoms with E-state index in [-0.39, 0.29) is 18.4 Å². The van der Waals surface area contributed by atoms with Crippen molar-refractivity contribution in [2.24, 2.45) is 11.3 Å². The zero-order valence-electron chi connectivity index (χ0n) is 13.8. The van der Waals surface area contributed by atoms with Gasteiger partial charge in [0.2, 0.25) is 0 Å². The topological polar surface area (TPSA) is 89.5 Å². The molecule has 3 heterocycles. The molecule has 2 aliphatic rings. The molecule has 7 nitrogen and oxygen atoms in total. The standard InChI is InChI=1S/C18H20N4O3/c23-16(15-6-7-19-20-15)22-10-14-9-21(8-13-4-2-1-3-5-13)11-18(14,12-22)17(24)25/h1-7,14H,8-12H2,(H,19,20)(H,24,25)/t14-,18-/m0/s1. The van der Waals surface area contributed by atoms with Crippen LogP contribution in [0.4, 0.5) is 0 Å². The summed E-state index contributed by atoms with van der Waals surface area (Å²) in [6.07, 6.45) is 1.53. The zero-order valence-corrected chi connectivity index (χ0v) is 13.8. The maximum atomic E-state index is 12.5. The minimum Gasteiger partial charge on any atom is -0.481 e. The lowest BCUT2D eigenvalue weighted by atomic mass is 9.81. The van der Waals surface area contributed by atoms with Gasteiger partial charge in [0, 0.05) is 44.8 Å². The van der Waals surface area contributed by atoms with Crippen LogP contribution in [-0.2, 0) is 11.3 Å². The van der Waals surface area contributed by atoms with E-state index in [1.165, 1.54) is 11.8 Å². The van der Waals surface area contributed by atoms with E-state index in [2.05, 4.69) is 27.2 Å². The van der Waals surface area contributed by atoms with E-state index in [1.807, 2.05) is 18.2 Å². The number of rotatable bonds is 4. The number of fused-ring (bicyclic) bond motifs is 1. The van der Waals surface area contributed by atoms with Crippen LogP contribution in [0.25, 0.3) is 0 Å². The highest BCUT2D eigenvalue weighted by molar-refractivity contribution is 5.93. The molecule has 2 aliphatic heterocycles. The molecule has 25 heavy (non-hydrogen) atoms. The molecule has 1 aromatic carbocycles. The summed E-state index contributed by atoms with van der Waals surface area (Å²) in [6.45, 7) is 2.61. The molecule has 130 valence electrons. The molecular formula is C18H20N4O3. The first-order chi connectivity index (χ1) is 12.1. The number of carboxylic acids is 1. The highest BCUT2D eigenvalue weighted by Crippen LogP contribution is 2.43. The third-order valence-electron chi connectivity index (χ3n) is 5.37. The summed E-state index contributed by atoms with van der Waals surface area (Å²) in [5.74, 6) is -1.05. The summed E-state index contributed by atoms with van der Waals surface area (Å²) in [5, 5.41) is 16.4. The largest absolute Gasteiger partial charge is 0.481 e. The van der Waals surface area contributed by atoms with Crippen LogP contribution in [-0.4, -0.2) is 63.2 Å². The second-order valence-corrected chi connectivity index (χ2v) is 6.97. The lowest BCUT2D eigenvalue weighted by molar-refractivity contribution is -0.148. The van der Waals surface area contributed by atoms with E-state index >= 15 is 0 Å². The number of benzene rings is 1. The fraction of sp³-hybridized carbons (Fsp3) is 0.389. The molecule has 0 aliphatic carbocycles. The van der Waals surface area contributed by atoms with Crippen LogP contribution in [0.15, 0.2) is 42.6 Å². The molecule has 1 aromatic heterocycles. The SMILES string of the molecule is O=C(c1ccn[nH]1)N1C[C@@H]2CN(Cc3ccccc3)C[C@]2(C(=O)O)C1. The predicted molar refractivity (Wildman–Crippen MR) is 89.8 cm³/mol. The molecular weight excluding hydrogens is 320 g/mol. The van der Waals surface area contributed by atoms with Crippen molar-refractivity contribution in [3.05, 3.63) is 53.9 Å². The van der Waals surface area contributed by atoms with Gasteiger partial charge < -0.3 is 10.0 Å².